The number of benzene rings is 2. The van der Waals surface area contributed by atoms with Gasteiger partial charge in [-0.15, -0.1) is 0 Å². The summed E-state index contributed by atoms with van der Waals surface area (Å²) < 4.78 is 27.6. The molecule has 0 bridgehead atoms. The van der Waals surface area contributed by atoms with Gasteiger partial charge in [0.1, 0.15) is 11.6 Å². The molecular weight excluding hydrogens is 348 g/mol. The quantitative estimate of drug-likeness (QED) is 0.802. The maximum Gasteiger partial charge on any atom is 0.126 e. The summed E-state index contributed by atoms with van der Waals surface area (Å²) >= 11 is 9.41. The van der Waals surface area contributed by atoms with Gasteiger partial charge in [0.25, 0.3) is 0 Å². The number of nitrogens with one attached hydrogen (secondary N) is 1. The first kappa shape index (κ1) is 15.4. The van der Waals surface area contributed by atoms with Crippen molar-refractivity contribution in [1.82, 2.24) is 5.32 Å². The summed E-state index contributed by atoms with van der Waals surface area (Å²) in [5.41, 5.74) is 1.38. The van der Waals surface area contributed by atoms with E-state index in [-0.39, 0.29) is 6.04 Å². The monoisotopic (exact) mass is 359 g/mol. The third kappa shape index (κ3) is 3.57. The lowest BCUT2D eigenvalue weighted by atomic mass is 9.98. The van der Waals surface area contributed by atoms with Crippen LogP contribution in [0.25, 0.3) is 0 Å². The van der Waals surface area contributed by atoms with Gasteiger partial charge in [0.2, 0.25) is 0 Å². The van der Waals surface area contributed by atoms with Gasteiger partial charge in [-0.05, 0) is 57.9 Å². The fraction of sp³-hybridized carbons (Fsp3) is 0.200. The van der Waals surface area contributed by atoms with E-state index in [1.54, 1.807) is 6.07 Å². The summed E-state index contributed by atoms with van der Waals surface area (Å²) in [7, 11) is 0. The second kappa shape index (κ2) is 6.66. The van der Waals surface area contributed by atoms with Crippen LogP contribution < -0.4 is 5.32 Å². The molecule has 1 nitrogen and oxygen atoms in total. The number of hydrogen-bond donors (Lipinski definition) is 1. The largest absolute Gasteiger partial charge is 0.307 e. The summed E-state index contributed by atoms with van der Waals surface area (Å²) in [6.45, 7) is 2.60. The zero-order valence-corrected chi connectivity index (χ0v) is 13.1. The zero-order chi connectivity index (χ0) is 14.7. The molecule has 0 fully saturated rings. The first-order valence-electron chi connectivity index (χ1n) is 6.15. The van der Waals surface area contributed by atoms with Crippen LogP contribution in [-0.4, -0.2) is 6.54 Å². The number of halogens is 4. The van der Waals surface area contributed by atoms with E-state index in [9.17, 15) is 8.78 Å². The lowest BCUT2D eigenvalue weighted by Crippen LogP contribution is -2.22. The van der Waals surface area contributed by atoms with Crippen molar-refractivity contribution < 1.29 is 8.78 Å². The van der Waals surface area contributed by atoms with Crippen molar-refractivity contribution in [3.05, 3.63) is 68.7 Å². The van der Waals surface area contributed by atoms with Crippen LogP contribution in [0.15, 0.2) is 40.9 Å². The van der Waals surface area contributed by atoms with Gasteiger partial charge in [-0.1, -0.05) is 24.6 Å². The third-order valence-corrected chi connectivity index (χ3v) is 4.14. The van der Waals surface area contributed by atoms with Crippen molar-refractivity contribution in [2.24, 2.45) is 0 Å². The van der Waals surface area contributed by atoms with Crippen LogP contribution in [0.4, 0.5) is 8.78 Å². The van der Waals surface area contributed by atoms with Crippen LogP contribution in [-0.2, 0) is 0 Å². The van der Waals surface area contributed by atoms with Gasteiger partial charge in [0, 0.05) is 10.5 Å². The van der Waals surface area contributed by atoms with Crippen LogP contribution in [0.1, 0.15) is 24.1 Å². The molecule has 2 rings (SSSR count). The first-order chi connectivity index (χ1) is 9.51. The molecular formula is C15H13BrClF2N. The predicted octanol–water partition coefficient (Wildman–Crippen LogP) is 5.08. The van der Waals surface area contributed by atoms with Gasteiger partial charge in [-0.3, -0.25) is 0 Å². The fourth-order valence-corrected chi connectivity index (χ4v) is 2.50. The molecule has 0 aliphatic carbocycles. The van der Waals surface area contributed by atoms with Crippen molar-refractivity contribution in [3.63, 3.8) is 0 Å². The van der Waals surface area contributed by atoms with Gasteiger partial charge in [-0.25, -0.2) is 8.78 Å². The Labute approximate surface area is 130 Å². The average molecular weight is 361 g/mol. The minimum absolute atomic E-state index is 0.309. The summed E-state index contributed by atoms with van der Waals surface area (Å²) in [6, 6.07) is 8.67. The van der Waals surface area contributed by atoms with E-state index >= 15 is 0 Å². The molecule has 0 saturated carbocycles. The van der Waals surface area contributed by atoms with Crippen molar-refractivity contribution in [2.75, 3.05) is 6.54 Å². The highest BCUT2D eigenvalue weighted by molar-refractivity contribution is 9.10. The van der Waals surface area contributed by atoms with Gasteiger partial charge < -0.3 is 5.32 Å². The maximum atomic E-state index is 13.4. The Kier molecular flexibility index (Phi) is 5.13. The minimum atomic E-state index is -0.592. The molecule has 0 heterocycles. The van der Waals surface area contributed by atoms with E-state index < -0.39 is 11.6 Å². The zero-order valence-electron chi connectivity index (χ0n) is 10.8. The highest BCUT2D eigenvalue weighted by Gasteiger charge is 2.16. The summed E-state index contributed by atoms with van der Waals surface area (Å²) in [6.07, 6.45) is 0. The molecule has 0 aliphatic heterocycles. The highest BCUT2D eigenvalue weighted by Crippen LogP contribution is 2.29. The van der Waals surface area contributed by atoms with E-state index in [2.05, 4.69) is 21.2 Å². The molecule has 2 aromatic rings. The molecule has 106 valence electrons. The van der Waals surface area contributed by atoms with Gasteiger partial charge >= 0.3 is 0 Å². The molecule has 1 N–H and O–H groups in total. The Hall–Kier alpha value is -0.970. The molecule has 20 heavy (non-hydrogen) atoms. The lowest BCUT2D eigenvalue weighted by molar-refractivity contribution is 0.565. The highest BCUT2D eigenvalue weighted by atomic mass is 79.9. The van der Waals surface area contributed by atoms with Crippen molar-refractivity contribution >= 4 is 27.5 Å². The van der Waals surface area contributed by atoms with E-state index in [0.717, 1.165) is 16.1 Å². The smallest absolute Gasteiger partial charge is 0.126 e. The average Bonchev–Trinajstić information content (AvgIpc) is 2.38. The number of hydrogen-bond acceptors (Lipinski definition) is 1. The Balaban J connectivity index is 2.46. The van der Waals surface area contributed by atoms with E-state index in [1.165, 1.54) is 12.1 Å². The Morgan fingerprint density at radius 3 is 2.30 bits per heavy atom. The van der Waals surface area contributed by atoms with E-state index in [4.69, 9.17) is 11.6 Å². The first-order valence-corrected chi connectivity index (χ1v) is 7.32. The second-order valence-corrected chi connectivity index (χ2v) is 5.63. The van der Waals surface area contributed by atoms with E-state index in [1.807, 2.05) is 19.1 Å². The van der Waals surface area contributed by atoms with Crippen LogP contribution in [0.2, 0.25) is 5.02 Å². The lowest BCUT2D eigenvalue weighted by Gasteiger charge is -2.19. The van der Waals surface area contributed by atoms with Crippen molar-refractivity contribution in [2.45, 2.75) is 13.0 Å². The van der Waals surface area contributed by atoms with Gasteiger partial charge in [0.15, 0.2) is 0 Å². The molecule has 0 aromatic heterocycles. The molecule has 1 atom stereocenters. The molecule has 0 amide bonds. The molecule has 1 unspecified atom stereocenters. The van der Waals surface area contributed by atoms with Crippen molar-refractivity contribution in [3.8, 4) is 0 Å². The van der Waals surface area contributed by atoms with Crippen LogP contribution in [0.3, 0.4) is 0 Å². The predicted molar refractivity (Wildman–Crippen MR) is 81.0 cm³/mol. The molecule has 0 aliphatic rings. The Morgan fingerprint density at radius 2 is 1.75 bits per heavy atom. The number of rotatable bonds is 4. The summed E-state index contributed by atoms with van der Waals surface area (Å²) in [4.78, 5) is 0. The minimum Gasteiger partial charge on any atom is -0.307 e. The molecule has 0 saturated heterocycles. The van der Waals surface area contributed by atoms with E-state index in [0.29, 0.717) is 17.1 Å². The van der Waals surface area contributed by atoms with Crippen LogP contribution in [0, 0.1) is 11.6 Å². The second-order valence-electron chi connectivity index (χ2n) is 4.37. The van der Waals surface area contributed by atoms with Crippen LogP contribution >= 0.6 is 27.5 Å². The molecule has 0 radical (unpaired) electrons. The van der Waals surface area contributed by atoms with Gasteiger partial charge in [0.05, 0.1) is 11.1 Å². The fourth-order valence-electron chi connectivity index (χ4n) is 2.07. The Bertz CT molecular complexity index is 599. The molecule has 5 heteroatoms. The third-order valence-electron chi connectivity index (χ3n) is 2.90. The SMILES string of the molecule is CCNC(c1cc(F)cc(F)c1)c1ccc(Br)c(Cl)c1. The topological polar surface area (TPSA) is 12.0 Å². The Morgan fingerprint density at radius 1 is 1.10 bits per heavy atom. The standard InChI is InChI=1S/C15H13BrClF2N/c1-2-20-15(9-3-4-13(16)14(17)7-9)10-5-11(18)8-12(19)6-10/h3-8,15,20H,2H2,1H3. The van der Waals surface area contributed by atoms with Crippen molar-refractivity contribution in [1.29, 1.82) is 0 Å². The van der Waals surface area contributed by atoms with Gasteiger partial charge in [-0.2, -0.15) is 0 Å². The normalized spacial score (nSPS) is 12.4. The summed E-state index contributed by atoms with van der Waals surface area (Å²) in [5.74, 6) is -1.18. The molecule has 2 aromatic carbocycles. The molecule has 0 spiro atoms. The summed E-state index contributed by atoms with van der Waals surface area (Å²) in [5, 5.41) is 3.77. The maximum absolute atomic E-state index is 13.4. The van der Waals surface area contributed by atoms with Crippen LogP contribution in [0.5, 0.6) is 0 Å².